The van der Waals surface area contributed by atoms with Crippen molar-refractivity contribution in [2.75, 3.05) is 6.54 Å². The van der Waals surface area contributed by atoms with Crippen LogP contribution in [0.5, 0.6) is 5.88 Å². The number of aromatic nitrogens is 1. The first-order chi connectivity index (χ1) is 9.63. The van der Waals surface area contributed by atoms with Crippen LogP contribution in [0.15, 0.2) is 41.2 Å². The van der Waals surface area contributed by atoms with Crippen LogP contribution >= 0.6 is 0 Å². The molecular weight excluding hydrogens is 256 g/mol. The van der Waals surface area contributed by atoms with E-state index in [-0.39, 0.29) is 17.4 Å². The molecule has 0 bridgehead atoms. The number of H-pyrrole nitrogens is 1. The van der Waals surface area contributed by atoms with Gasteiger partial charge >= 0.3 is 0 Å². The lowest BCUT2D eigenvalue weighted by Crippen LogP contribution is -2.36. The van der Waals surface area contributed by atoms with Crippen molar-refractivity contribution in [3.63, 3.8) is 0 Å². The molecule has 1 aromatic carbocycles. The maximum absolute atomic E-state index is 12.4. The summed E-state index contributed by atoms with van der Waals surface area (Å²) in [5.41, 5.74) is 2.11. The van der Waals surface area contributed by atoms with E-state index in [1.165, 1.54) is 17.7 Å². The van der Waals surface area contributed by atoms with Crippen LogP contribution in [-0.2, 0) is 13.0 Å². The number of hydrogen-bond acceptors (Lipinski definition) is 3. The summed E-state index contributed by atoms with van der Waals surface area (Å²) < 4.78 is 0. The summed E-state index contributed by atoms with van der Waals surface area (Å²) in [6, 6.07) is 10.5. The van der Waals surface area contributed by atoms with Crippen molar-refractivity contribution in [1.82, 2.24) is 9.88 Å². The fraction of sp³-hybridized carbons (Fsp3) is 0.200. The summed E-state index contributed by atoms with van der Waals surface area (Å²) in [4.78, 5) is 27.6. The molecule has 1 aromatic heterocycles. The molecule has 3 rings (SSSR count). The Morgan fingerprint density at radius 2 is 1.95 bits per heavy atom. The topological polar surface area (TPSA) is 73.4 Å². The number of nitrogens with zero attached hydrogens (tertiary/aromatic N) is 1. The van der Waals surface area contributed by atoms with Crippen molar-refractivity contribution in [1.29, 1.82) is 0 Å². The molecule has 1 aliphatic heterocycles. The van der Waals surface area contributed by atoms with Crippen LogP contribution in [0, 0.1) is 0 Å². The molecule has 2 heterocycles. The van der Waals surface area contributed by atoms with Gasteiger partial charge in [0.1, 0.15) is 0 Å². The van der Waals surface area contributed by atoms with Crippen molar-refractivity contribution in [3.8, 4) is 5.88 Å². The van der Waals surface area contributed by atoms with Crippen molar-refractivity contribution >= 4 is 5.91 Å². The molecule has 0 radical (unpaired) electrons. The van der Waals surface area contributed by atoms with E-state index in [1.807, 2.05) is 18.2 Å². The van der Waals surface area contributed by atoms with E-state index in [9.17, 15) is 14.7 Å². The van der Waals surface area contributed by atoms with Crippen molar-refractivity contribution < 1.29 is 9.90 Å². The molecule has 2 N–H and O–H groups in total. The molecule has 0 fully saturated rings. The van der Waals surface area contributed by atoms with Gasteiger partial charge in [-0.1, -0.05) is 24.3 Å². The van der Waals surface area contributed by atoms with Crippen LogP contribution in [0.3, 0.4) is 0 Å². The Morgan fingerprint density at radius 1 is 1.20 bits per heavy atom. The Hall–Kier alpha value is -2.56. The zero-order chi connectivity index (χ0) is 14.1. The fourth-order valence-electron chi connectivity index (χ4n) is 2.50. The van der Waals surface area contributed by atoms with Crippen molar-refractivity contribution in [2.24, 2.45) is 0 Å². The van der Waals surface area contributed by atoms with Gasteiger partial charge in [-0.25, -0.2) is 0 Å². The smallest absolute Gasteiger partial charge is 0.254 e. The number of aromatic amines is 1. The number of rotatable bonds is 1. The summed E-state index contributed by atoms with van der Waals surface area (Å²) >= 11 is 0. The van der Waals surface area contributed by atoms with Gasteiger partial charge in [0.15, 0.2) is 5.88 Å². The van der Waals surface area contributed by atoms with Crippen LogP contribution in [0.1, 0.15) is 21.5 Å². The first-order valence-corrected chi connectivity index (χ1v) is 6.43. The molecule has 1 amide bonds. The number of benzene rings is 1. The number of fused-ring (bicyclic) bond motifs is 1. The van der Waals surface area contributed by atoms with E-state index < -0.39 is 5.56 Å². The monoisotopic (exact) mass is 270 g/mol. The molecule has 2 aromatic rings. The molecule has 5 nitrogen and oxygen atoms in total. The average Bonchev–Trinajstić information content (AvgIpc) is 2.45. The molecule has 5 heteroatoms. The summed E-state index contributed by atoms with van der Waals surface area (Å²) in [6.07, 6.45) is 0.803. The predicted molar refractivity (Wildman–Crippen MR) is 73.6 cm³/mol. The second kappa shape index (κ2) is 4.85. The van der Waals surface area contributed by atoms with Gasteiger partial charge in [-0.05, 0) is 17.5 Å². The first kappa shape index (κ1) is 12.5. The minimum Gasteiger partial charge on any atom is -0.494 e. The highest BCUT2D eigenvalue weighted by molar-refractivity contribution is 5.94. The van der Waals surface area contributed by atoms with Crippen LogP contribution in [0.2, 0.25) is 0 Å². The third-order valence-corrected chi connectivity index (χ3v) is 3.49. The van der Waals surface area contributed by atoms with Gasteiger partial charge in [-0.15, -0.1) is 0 Å². The molecule has 20 heavy (non-hydrogen) atoms. The number of amides is 1. The van der Waals surface area contributed by atoms with Gasteiger partial charge < -0.3 is 10.0 Å². The number of carbonyl (C=O) groups is 1. The van der Waals surface area contributed by atoms with Crippen LogP contribution < -0.4 is 5.56 Å². The Kier molecular flexibility index (Phi) is 3.02. The third-order valence-electron chi connectivity index (χ3n) is 3.49. The molecular formula is C15H14N2O3. The molecule has 102 valence electrons. The summed E-state index contributed by atoms with van der Waals surface area (Å²) in [5.74, 6) is -0.529. The van der Waals surface area contributed by atoms with Crippen LogP contribution in [-0.4, -0.2) is 27.4 Å². The highest BCUT2D eigenvalue weighted by Gasteiger charge is 2.22. The fourth-order valence-corrected chi connectivity index (χ4v) is 2.50. The van der Waals surface area contributed by atoms with Gasteiger partial charge in [0.25, 0.3) is 11.5 Å². The highest BCUT2D eigenvalue weighted by Crippen LogP contribution is 2.20. The summed E-state index contributed by atoms with van der Waals surface area (Å²) in [5, 5.41) is 9.37. The van der Waals surface area contributed by atoms with E-state index in [2.05, 4.69) is 11.1 Å². The minimum absolute atomic E-state index is 0.214. The van der Waals surface area contributed by atoms with E-state index >= 15 is 0 Å². The van der Waals surface area contributed by atoms with Crippen LogP contribution in [0.4, 0.5) is 0 Å². The second-order valence-electron chi connectivity index (χ2n) is 4.86. The minimum atomic E-state index is -0.481. The molecule has 0 atom stereocenters. The molecule has 0 saturated carbocycles. The van der Waals surface area contributed by atoms with E-state index in [0.29, 0.717) is 13.1 Å². The van der Waals surface area contributed by atoms with Gasteiger partial charge in [0.05, 0.1) is 5.56 Å². The van der Waals surface area contributed by atoms with Crippen LogP contribution in [0.25, 0.3) is 0 Å². The van der Waals surface area contributed by atoms with Crippen molar-refractivity contribution in [2.45, 2.75) is 13.0 Å². The highest BCUT2D eigenvalue weighted by atomic mass is 16.3. The van der Waals surface area contributed by atoms with Crippen molar-refractivity contribution in [3.05, 3.63) is 63.4 Å². The predicted octanol–water partition coefficient (Wildman–Crippen LogP) is 1.28. The number of aromatic hydroxyl groups is 1. The molecule has 0 unspecified atom stereocenters. The third kappa shape index (κ3) is 2.30. The normalized spacial score (nSPS) is 13.9. The largest absolute Gasteiger partial charge is 0.494 e. The zero-order valence-corrected chi connectivity index (χ0v) is 10.8. The lowest BCUT2D eigenvalue weighted by Gasteiger charge is -2.28. The molecule has 0 spiro atoms. The van der Waals surface area contributed by atoms with E-state index in [0.717, 1.165) is 12.0 Å². The first-order valence-electron chi connectivity index (χ1n) is 6.43. The molecule has 1 aliphatic rings. The maximum Gasteiger partial charge on any atom is 0.254 e. The van der Waals surface area contributed by atoms with Gasteiger partial charge in [-0.3, -0.25) is 14.6 Å². The summed E-state index contributed by atoms with van der Waals surface area (Å²) in [6.45, 7) is 1.14. The quantitative estimate of drug-likeness (QED) is 0.819. The zero-order valence-electron chi connectivity index (χ0n) is 10.8. The Bertz CT molecular complexity index is 721. The standard InChI is InChI=1S/C15H14N2O3/c18-13-7-12(8-14(19)16-13)15(20)17-6-5-10-3-1-2-4-11(10)9-17/h1-4,7-8H,5-6,9H2,(H2,16,18,19). The van der Waals surface area contributed by atoms with Gasteiger partial charge in [-0.2, -0.15) is 0 Å². The summed E-state index contributed by atoms with van der Waals surface area (Å²) in [7, 11) is 0. The Balaban J connectivity index is 1.87. The SMILES string of the molecule is O=C(c1cc(O)[nH]c(=O)c1)N1CCc2ccccc2C1. The lowest BCUT2D eigenvalue weighted by molar-refractivity contribution is 0.0734. The maximum atomic E-state index is 12.4. The second-order valence-corrected chi connectivity index (χ2v) is 4.86. The number of hydrogen-bond donors (Lipinski definition) is 2. The van der Waals surface area contributed by atoms with E-state index in [1.54, 1.807) is 4.90 Å². The average molecular weight is 270 g/mol. The Morgan fingerprint density at radius 3 is 2.70 bits per heavy atom. The lowest BCUT2D eigenvalue weighted by atomic mass is 9.99. The molecule has 0 aliphatic carbocycles. The molecule has 0 saturated heterocycles. The Labute approximate surface area is 115 Å². The van der Waals surface area contributed by atoms with Gasteiger partial charge in [0.2, 0.25) is 0 Å². The van der Waals surface area contributed by atoms with E-state index in [4.69, 9.17) is 0 Å². The number of carbonyl (C=O) groups excluding carboxylic acids is 1. The number of pyridine rings is 1. The number of nitrogens with one attached hydrogen (secondary N) is 1. The van der Waals surface area contributed by atoms with Gasteiger partial charge in [0, 0.05) is 25.2 Å².